The highest BCUT2D eigenvalue weighted by Gasteiger charge is 2.16. The van der Waals surface area contributed by atoms with Crippen LogP contribution in [0.2, 0.25) is 10.2 Å². The first-order valence-electron chi connectivity index (χ1n) is 6.06. The Labute approximate surface area is 129 Å². The molecule has 21 heavy (non-hydrogen) atoms. The average Bonchev–Trinajstić information content (AvgIpc) is 2.45. The van der Waals surface area contributed by atoms with Gasteiger partial charge in [0.2, 0.25) is 0 Å². The summed E-state index contributed by atoms with van der Waals surface area (Å²) in [6.07, 6.45) is 0. The molecule has 2 nitrogen and oxygen atoms in total. The van der Waals surface area contributed by atoms with Crippen molar-refractivity contribution >= 4 is 34.1 Å². The smallest absolute Gasteiger partial charge is 0.163 e. The molecule has 1 aromatic heterocycles. The Hall–Kier alpha value is -1.78. The molecule has 0 aliphatic heterocycles. The predicted molar refractivity (Wildman–Crippen MR) is 79.6 cm³/mol. The molecule has 3 aromatic rings. The van der Waals surface area contributed by atoms with E-state index < -0.39 is 11.6 Å². The molecule has 0 atom stereocenters. The normalized spacial score (nSPS) is 11.1. The van der Waals surface area contributed by atoms with Gasteiger partial charge in [-0.05, 0) is 30.7 Å². The number of rotatable bonds is 1. The highest BCUT2D eigenvalue weighted by atomic mass is 35.5. The van der Waals surface area contributed by atoms with Crippen LogP contribution >= 0.6 is 23.2 Å². The minimum Gasteiger partial charge on any atom is -0.227 e. The number of hydrogen-bond acceptors (Lipinski definition) is 2. The monoisotopic (exact) mass is 324 g/mol. The molecule has 0 spiro atoms. The molecule has 3 rings (SSSR count). The first kappa shape index (κ1) is 14.2. The first-order valence-corrected chi connectivity index (χ1v) is 6.81. The van der Waals surface area contributed by atoms with Crippen molar-refractivity contribution in [3.05, 3.63) is 57.7 Å². The van der Waals surface area contributed by atoms with Crippen LogP contribution in [0, 0.1) is 18.6 Å². The van der Waals surface area contributed by atoms with Gasteiger partial charge < -0.3 is 0 Å². The molecule has 0 N–H and O–H groups in total. The maximum atomic E-state index is 13.9. The van der Waals surface area contributed by atoms with E-state index in [2.05, 4.69) is 9.97 Å². The summed E-state index contributed by atoms with van der Waals surface area (Å²) in [5, 5.41) is 0.0199. The summed E-state index contributed by atoms with van der Waals surface area (Å²) >= 11 is 12.0. The fourth-order valence-corrected chi connectivity index (χ4v) is 2.56. The van der Waals surface area contributed by atoms with E-state index in [4.69, 9.17) is 23.2 Å². The van der Waals surface area contributed by atoms with Gasteiger partial charge in [0.15, 0.2) is 5.82 Å². The standard InChI is InChI=1S/C15H8Cl2F2N2/c1-7-5-6-9(18)11-13(7)20-15(21-14(11)17)8-3-2-4-10(19)12(8)16/h2-6H,1H3. The van der Waals surface area contributed by atoms with E-state index in [0.29, 0.717) is 11.1 Å². The predicted octanol–water partition coefficient (Wildman–Crippen LogP) is 5.19. The lowest BCUT2D eigenvalue weighted by atomic mass is 10.1. The zero-order chi connectivity index (χ0) is 15.1. The van der Waals surface area contributed by atoms with E-state index in [1.165, 1.54) is 18.2 Å². The van der Waals surface area contributed by atoms with Gasteiger partial charge in [0.05, 0.1) is 15.9 Å². The summed E-state index contributed by atoms with van der Waals surface area (Å²) in [4.78, 5) is 8.32. The van der Waals surface area contributed by atoms with Crippen molar-refractivity contribution in [1.29, 1.82) is 0 Å². The van der Waals surface area contributed by atoms with Crippen LogP contribution in [-0.2, 0) is 0 Å². The highest BCUT2D eigenvalue weighted by Crippen LogP contribution is 2.32. The number of aryl methyl sites for hydroxylation is 1. The summed E-state index contributed by atoms with van der Waals surface area (Å²) in [6.45, 7) is 1.78. The van der Waals surface area contributed by atoms with Crippen molar-refractivity contribution in [2.75, 3.05) is 0 Å². The summed E-state index contributed by atoms with van der Waals surface area (Å²) in [5.74, 6) is -0.923. The summed E-state index contributed by atoms with van der Waals surface area (Å²) in [7, 11) is 0. The van der Waals surface area contributed by atoms with Crippen LogP contribution in [-0.4, -0.2) is 9.97 Å². The number of benzene rings is 2. The number of fused-ring (bicyclic) bond motifs is 1. The van der Waals surface area contributed by atoms with Gasteiger partial charge in [0.1, 0.15) is 16.8 Å². The zero-order valence-corrected chi connectivity index (χ0v) is 12.3. The second-order valence-corrected chi connectivity index (χ2v) is 5.26. The van der Waals surface area contributed by atoms with Crippen molar-refractivity contribution in [3.8, 4) is 11.4 Å². The van der Waals surface area contributed by atoms with Gasteiger partial charge >= 0.3 is 0 Å². The van der Waals surface area contributed by atoms with Crippen LogP contribution in [0.1, 0.15) is 5.56 Å². The third-order valence-electron chi connectivity index (χ3n) is 3.15. The molecule has 0 aliphatic carbocycles. The van der Waals surface area contributed by atoms with E-state index in [9.17, 15) is 8.78 Å². The van der Waals surface area contributed by atoms with E-state index in [-0.39, 0.29) is 21.4 Å². The molecule has 0 aliphatic rings. The SMILES string of the molecule is Cc1ccc(F)c2c(Cl)nc(-c3cccc(F)c3Cl)nc12. The van der Waals surface area contributed by atoms with E-state index in [1.807, 2.05) is 0 Å². The third-order valence-corrected chi connectivity index (χ3v) is 3.81. The number of aromatic nitrogens is 2. The Morgan fingerprint density at radius 3 is 2.48 bits per heavy atom. The van der Waals surface area contributed by atoms with Crippen LogP contribution < -0.4 is 0 Å². The Bertz CT molecular complexity index is 866. The second-order valence-electron chi connectivity index (χ2n) is 4.53. The van der Waals surface area contributed by atoms with Crippen molar-refractivity contribution in [2.24, 2.45) is 0 Å². The molecule has 0 bridgehead atoms. The molecule has 106 valence electrons. The zero-order valence-electron chi connectivity index (χ0n) is 10.8. The number of halogens is 4. The second kappa shape index (κ2) is 5.20. The summed E-state index contributed by atoms with van der Waals surface area (Å²) in [6, 6.07) is 7.22. The van der Waals surface area contributed by atoms with Gasteiger partial charge in [-0.3, -0.25) is 0 Å². The van der Waals surface area contributed by atoms with Gasteiger partial charge in [-0.25, -0.2) is 18.7 Å². The van der Waals surface area contributed by atoms with Crippen LogP contribution in [0.4, 0.5) is 8.78 Å². The fourth-order valence-electron chi connectivity index (χ4n) is 2.09. The largest absolute Gasteiger partial charge is 0.227 e. The van der Waals surface area contributed by atoms with Crippen LogP contribution in [0.3, 0.4) is 0 Å². The molecular formula is C15H8Cl2F2N2. The minimum absolute atomic E-state index is 0.0310. The van der Waals surface area contributed by atoms with E-state index in [0.717, 1.165) is 5.56 Å². The van der Waals surface area contributed by atoms with Gasteiger partial charge in [-0.2, -0.15) is 0 Å². The first-order chi connectivity index (χ1) is 9.99. The molecule has 0 saturated heterocycles. The molecule has 0 fully saturated rings. The molecule has 0 radical (unpaired) electrons. The molecule has 0 unspecified atom stereocenters. The van der Waals surface area contributed by atoms with Gasteiger partial charge in [0, 0.05) is 5.56 Å². The van der Waals surface area contributed by atoms with Gasteiger partial charge in [-0.15, -0.1) is 0 Å². The lowest BCUT2D eigenvalue weighted by Crippen LogP contribution is -1.97. The maximum Gasteiger partial charge on any atom is 0.163 e. The average molecular weight is 325 g/mol. The summed E-state index contributed by atoms with van der Waals surface area (Å²) in [5.41, 5.74) is 1.43. The minimum atomic E-state index is -0.579. The van der Waals surface area contributed by atoms with Gasteiger partial charge in [0.25, 0.3) is 0 Å². The van der Waals surface area contributed by atoms with Crippen molar-refractivity contribution < 1.29 is 8.78 Å². The maximum absolute atomic E-state index is 13.9. The summed E-state index contributed by atoms with van der Waals surface area (Å²) < 4.78 is 27.4. The molecule has 0 amide bonds. The Morgan fingerprint density at radius 2 is 1.71 bits per heavy atom. The molecule has 2 aromatic carbocycles. The van der Waals surface area contributed by atoms with Crippen LogP contribution in [0.5, 0.6) is 0 Å². The highest BCUT2D eigenvalue weighted by molar-refractivity contribution is 6.35. The third kappa shape index (κ3) is 2.34. The van der Waals surface area contributed by atoms with Crippen LogP contribution in [0.15, 0.2) is 30.3 Å². The van der Waals surface area contributed by atoms with Gasteiger partial charge in [-0.1, -0.05) is 35.3 Å². The quantitative estimate of drug-likeness (QED) is 0.575. The lowest BCUT2D eigenvalue weighted by molar-refractivity contribution is 0.628. The van der Waals surface area contributed by atoms with Crippen molar-refractivity contribution in [2.45, 2.75) is 6.92 Å². The fraction of sp³-hybridized carbons (Fsp3) is 0.0667. The lowest BCUT2D eigenvalue weighted by Gasteiger charge is -2.09. The number of nitrogens with zero attached hydrogens (tertiary/aromatic N) is 2. The van der Waals surface area contributed by atoms with Crippen molar-refractivity contribution in [3.63, 3.8) is 0 Å². The Morgan fingerprint density at radius 1 is 0.952 bits per heavy atom. The van der Waals surface area contributed by atoms with Crippen molar-refractivity contribution in [1.82, 2.24) is 9.97 Å². The van der Waals surface area contributed by atoms with Crippen LogP contribution in [0.25, 0.3) is 22.3 Å². The Kier molecular flexibility index (Phi) is 3.51. The molecule has 1 heterocycles. The Balaban J connectivity index is 2.36. The molecular weight excluding hydrogens is 317 g/mol. The van der Waals surface area contributed by atoms with E-state index >= 15 is 0 Å². The topological polar surface area (TPSA) is 25.8 Å². The van der Waals surface area contributed by atoms with E-state index in [1.54, 1.807) is 19.1 Å². The molecule has 6 heteroatoms. The number of hydrogen-bond donors (Lipinski definition) is 0. The molecule has 0 saturated carbocycles.